The Morgan fingerprint density at radius 2 is 2.11 bits per heavy atom. The quantitative estimate of drug-likeness (QED) is 0.878. The Labute approximate surface area is 123 Å². The fourth-order valence-electron chi connectivity index (χ4n) is 1.63. The molecule has 5 heteroatoms. The average molecular weight is 340 g/mol. The second kappa shape index (κ2) is 6.05. The maximum Gasteiger partial charge on any atom is 0.145 e. The highest BCUT2D eigenvalue weighted by Crippen LogP contribution is 2.26. The third-order valence-electron chi connectivity index (χ3n) is 2.60. The molecular weight excluding hydrogens is 331 g/mol. The predicted molar refractivity (Wildman–Crippen MR) is 77.6 cm³/mol. The lowest BCUT2D eigenvalue weighted by atomic mass is 10.1. The zero-order valence-electron chi connectivity index (χ0n) is 9.75. The first-order valence-corrected chi connectivity index (χ1v) is 6.65. The first-order valence-electron chi connectivity index (χ1n) is 5.48. The summed E-state index contributed by atoms with van der Waals surface area (Å²) in [5.41, 5.74) is 1.31. The van der Waals surface area contributed by atoms with Crippen LogP contribution in [0.4, 0.5) is 10.1 Å². The summed E-state index contributed by atoms with van der Waals surface area (Å²) in [7, 11) is 0. The summed E-state index contributed by atoms with van der Waals surface area (Å²) < 4.78 is 14.6. The Morgan fingerprint density at radius 1 is 1.32 bits per heavy atom. The van der Waals surface area contributed by atoms with E-state index >= 15 is 0 Å². The number of nitrogens with zero attached hydrogens (tertiary/aromatic N) is 1. The molecule has 0 amide bonds. The van der Waals surface area contributed by atoms with Gasteiger partial charge in [-0.25, -0.2) is 4.39 Å². The largest absolute Gasteiger partial charge is 0.380 e. The van der Waals surface area contributed by atoms with Gasteiger partial charge in [0.15, 0.2) is 0 Å². The molecule has 0 aliphatic heterocycles. The van der Waals surface area contributed by atoms with E-state index in [1.54, 1.807) is 30.3 Å². The minimum Gasteiger partial charge on any atom is -0.380 e. The number of hydrogen-bond acceptors (Lipinski definition) is 2. The molecule has 0 radical (unpaired) electrons. The van der Waals surface area contributed by atoms with Crippen molar-refractivity contribution >= 4 is 33.2 Å². The smallest absolute Gasteiger partial charge is 0.145 e. The topological polar surface area (TPSA) is 35.8 Å². The molecular formula is C14H9BrClFN2. The zero-order chi connectivity index (χ0) is 13.8. The zero-order valence-corrected chi connectivity index (χ0v) is 12.1. The normalized spacial score (nSPS) is 10.0. The SMILES string of the molecule is N#Cc1cccc(CNc2ccc(Cl)cc2Br)c1F. The number of benzene rings is 2. The van der Waals surface area contributed by atoms with Crippen LogP contribution >= 0.6 is 27.5 Å². The van der Waals surface area contributed by atoms with Crippen molar-refractivity contribution < 1.29 is 4.39 Å². The summed E-state index contributed by atoms with van der Waals surface area (Å²) in [6.07, 6.45) is 0. The van der Waals surface area contributed by atoms with Crippen LogP contribution in [0.15, 0.2) is 40.9 Å². The predicted octanol–water partition coefficient (Wildman–Crippen LogP) is 4.73. The van der Waals surface area contributed by atoms with Crippen molar-refractivity contribution in [2.24, 2.45) is 0 Å². The maximum atomic E-state index is 13.8. The number of rotatable bonds is 3. The van der Waals surface area contributed by atoms with Gasteiger partial charge in [0.1, 0.15) is 11.9 Å². The lowest BCUT2D eigenvalue weighted by Crippen LogP contribution is -2.03. The van der Waals surface area contributed by atoms with Crippen LogP contribution in [-0.4, -0.2) is 0 Å². The Hall–Kier alpha value is -1.57. The van der Waals surface area contributed by atoms with E-state index in [1.165, 1.54) is 6.07 Å². The molecule has 0 fully saturated rings. The van der Waals surface area contributed by atoms with Crippen molar-refractivity contribution in [1.82, 2.24) is 0 Å². The van der Waals surface area contributed by atoms with E-state index in [4.69, 9.17) is 16.9 Å². The van der Waals surface area contributed by atoms with Crippen LogP contribution in [0.1, 0.15) is 11.1 Å². The van der Waals surface area contributed by atoms with E-state index < -0.39 is 5.82 Å². The number of anilines is 1. The number of nitrogens with one attached hydrogen (secondary N) is 1. The molecule has 0 heterocycles. The van der Waals surface area contributed by atoms with Crippen molar-refractivity contribution in [2.75, 3.05) is 5.32 Å². The van der Waals surface area contributed by atoms with Gasteiger partial charge in [0.25, 0.3) is 0 Å². The highest BCUT2D eigenvalue weighted by Gasteiger charge is 2.08. The molecule has 0 spiro atoms. The van der Waals surface area contributed by atoms with E-state index in [1.807, 2.05) is 6.07 Å². The number of halogens is 3. The van der Waals surface area contributed by atoms with Gasteiger partial charge in [0, 0.05) is 27.3 Å². The summed E-state index contributed by atoms with van der Waals surface area (Å²) in [5.74, 6) is -0.484. The van der Waals surface area contributed by atoms with Gasteiger partial charge < -0.3 is 5.32 Å². The number of hydrogen-bond donors (Lipinski definition) is 1. The highest BCUT2D eigenvalue weighted by atomic mass is 79.9. The van der Waals surface area contributed by atoms with E-state index in [0.717, 1.165) is 10.2 Å². The lowest BCUT2D eigenvalue weighted by Gasteiger charge is -2.10. The van der Waals surface area contributed by atoms with E-state index in [0.29, 0.717) is 17.1 Å². The molecule has 0 unspecified atom stereocenters. The van der Waals surface area contributed by atoms with Crippen molar-refractivity contribution in [3.63, 3.8) is 0 Å². The molecule has 0 aromatic heterocycles. The van der Waals surface area contributed by atoms with Crippen LogP contribution in [0.3, 0.4) is 0 Å². The molecule has 2 nitrogen and oxygen atoms in total. The molecule has 2 aromatic carbocycles. The number of nitriles is 1. The van der Waals surface area contributed by atoms with Crippen LogP contribution in [0.5, 0.6) is 0 Å². The van der Waals surface area contributed by atoms with Gasteiger partial charge in [-0.1, -0.05) is 23.7 Å². The lowest BCUT2D eigenvalue weighted by molar-refractivity contribution is 0.609. The summed E-state index contributed by atoms with van der Waals surface area (Å²) in [6.45, 7) is 0.293. The third-order valence-corrected chi connectivity index (χ3v) is 3.49. The molecule has 2 rings (SSSR count). The van der Waals surface area contributed by atoms with Gasteiger partial charge in [0.2, 0.25) is 0 Å². The van der Waals surface area contributed by atoms with Crippen LogP contribution in [-0.2, 0) is 6.54 Å². The van der Waals surface area contributed by atoms with Gasteiger partial charge in [-0.05, 0) is 40.2 Å². The second-order valence-electron chi connectivity index (χ2n) is 3.87. The maximum absolute atomic E-state index is 13.8. The molecule has 0 aliphatic carbocycles. The minimum atomic E-state index is -0.484. The van der Waals surface area contributed by atoms with Gasteiger partial charge in [-0.15, -0.1) is 0 Å². The molecule has 2 aromatic rings. The van der Waals surface area contributed by atoms with E-state index in [2.05, 4.69) is 21.2 Å². The van der Waals surface area contributed by atoms with Crippen LogP contribution in [0.2, 0.25) is 5.02 Å². The fraction of sp³-hybridized carbons (Fsp3) is 0.0714. The molecule has 96 valence electrons. The Morgan fingerprint density at radius 3 is 2.79 bits per heavy atom. The van der Waals surface area contributed by atoms with Crippen molar-refractivity contribution in [1.29, 1.82) is 5.26 Å². The van der Waals surface area contributed by atoms with Crippen molar-refractivity contribution in [3.8, 4) is 6.07 Å². The summed E-state index contributed by atoms with van der Waals surface area (Å²) >= 11 is 9.22. The first-order chi connectivity index (χ1) is 9.11. The fourth-order valence-corrected chi connectivity index (χ4v) is 2.45. The molecule has 19 heavy (non-hydrogen) atoms. The van der Waals surface area contributed by atoms with E-state index in [-0.39, 0.29) is 5.56 Å². The van der Waals surface area contributed by atoms with Crippen LogP contribution < -0.4 is 5.32 Å². The molecule has 0 saturated carbocycles. The standard InChI is InChI=1S/C14H9BrClFN2/c15-12-6-11(16)4-5-13(12)19-8-10-3-1-2-9(7-18)14(10)17/h1-6,19H,8H2. The molecule has 0 aliphatic rings. The van der Waals surface area contributed by atoms with Crippen molar-refractivity contribution in [3.05, 3.63) is 62.8 Å². The van der Waals surface area contributed by atoms with E-state index in [9.17, 15) is 4.39 Å². The monoisotopic (exact) mass is 338 g/mol. The third kappa shape index (κ3) is 3.25. The van der Waals surface area contributed by atoms with Crippen LogP contribution in [0, 0.1) is 17.1 Å². The van der Waals surface area contributed by atoms with Crippen LogP contribution in [0.25, 0.3) is 0 Å². The Balaban J connectivity index is 2.17. The summed E-state index contributed by atoms with van der Waals surface area (Å²) in [6, 6.07) is 11.9. The van der Waals surface area contributed by atoms with Gasteiger partial charge in [-0.2, -0.15) is 5.26 Å². The Bertz CT molecular complexity index is 652. The van der Waals surface area contributed by atoms with Crippen molar-refractivity contribution in [2.45, 2.75) is 6.54 Å². The van der Waals surface area contributed by atoms with Gasteiger partial charge in [0.05, 0.1) is 5.56 Å². The highest BCUT2D eigenvalue weighted by molar-refractivity contribution is 9.10. The van der Waals surface area contributed by atoms with Gasteiger partial charge >= 0.3 is 0 Å². The average Bonchev–Trinajstić information content (AvgIpc) is 2.39. The molecule has 0 bridgehead atoms. The molecule has 1 N–H and O–H groups in total. The minimum absolute atomic E-state index is 0.0504. The first kappa shape index (κ1) is 13.9. The molecule has 0 saturated heterocycles. The second-order valence-corrected chi connectivity index (χ2v) is 5.16. The van der Waals surface area contributed by atoms with Gasteiger partial charge in [-0.3, -0.25) is 0 Å². The molecule has 0 atom stereocenters. The summed E-state index contributed by atoms with van der Waals surface area (Å²) in [5, 5.41) is 12.5. The summed E-state index contributed by atoms with van der Waals surface area (Å²) in [4.78, 5) is 0. The Kier molecular flexibility index (Phi) is 4.41.